The zero-order valence-electron chi connectivity index (χ0n) is 17.8. The van der Waals surface area contributed by atoms with Gasteiger partial charge in [0.15, 0.2) is 0 Å². The molecule has 31 heavy (non-hydrogen) atoms. The van der Waals surface area contributed by atoms with Crippen LogP contribution < -0.4 is 14.8 Å². The van der Waals surface area contributed by atoms with Crippen LogP contribution in [0.1, 0.15) is 23.2 Å². The second-order valence-electron chi connectivity index (χ2n) is 7.68. The number of anilines is 1. The Morgan fingerprint density at radius 3 is 2.23 bits per heavy atom. The number of benzene rings is 3. The lowest BCUT2D eigenvalue weighted by Crippen LogP contribution is -2.41. The molecule has 6 nitrogen and oxygen atoms in total. The lowest BCUT2D eigenvalue weighted by Gasteiger charge is -2.31. The molecule has 1 N–H and O–H groups in total. The third kappa shape index (κ3) is 4.48. The maximum Gasteiger partial charge on any atom is 0.254 e. The van der Waals surface area contributed by atoms with E-state index in [1.807, 2.05) is 47.4 Å². The van der Waals surface area contributed by atoms with Crippen LogP contribution in [0, 0.1) is 5.92 Å². The van der Waals surface area contributed by atoms with Crippen molar-refractivity contribution in [3.63, 3.8) is 0 Å². The van der Waals surface area contributed by atoms with Crippen LogP contribution in [0.15, 0.2) is 60.7 Å². The number of likely N-dealkylation sites (tertiary alicyclic amines) is 1. The molecule has 6 heteroatoms. The molecular weight excluding hydrogens is 392 g/mol. The molecule has 0 aliphatic carbocycles. The fourth-order valence-electron chi connectivity index (χ4n) is 4.05. The average Bonchev–Trinajstić information content (AvgIpc) is 2.83. The quantitative estimate of drug-likeness (QED) is 0.669. The molecule has 1 saturated heterocycles. The Morgan fingerprint density at radius 2 is 1.55 bits per heavy atom. The highest BCUT2D eigenvalue weighted by atomic mass is 16.5. The summed E-state index contributed by atoms with van der Waals surface area (Å²) in [5.74, 6) is 1.06. The molecule has 0 radical (unpaired) electrons. The van der Waals surface area contributed by atoms with Gasteiger partial charge in [-0.25, -0.2) is 0 Å². The van der Waals surface area contributed by atoms with Crippen molar-refractivity contribution in [2.75, 3.05) is 32.6 Å². The minimum atomic E-state index is -0.145. The van der Waals surface area contributed by atoms with E-state index in [1.54, 1.807) is 32.4 Å². The molecule has 4 rings (SSSR count). The molecular formula is C25H26N2O4. The van der Waals surface area contributed by atoms with Crippen LogP contribution in [-0.2, 0) is 4.79 Å². The number of methoxy groups -OCH3 is 2. The van der Waals surface area contributed by atoms with Gasteiger partial charge in [-0.2, -0.15) is 0 Å². The molecule has 0 bridgehead atoms. The number of hydrogen-bond donors (Lipinski definition) is 1. The maximum absolute atomic E-state index is 13.1. The van der Waals surface area contributed by atoms with E-state index in [4.69, 9.17) is 9.47 Å². The monoisotopic (exact) mass is 418 g/mol. The van der Waals surface area contributed by atoms with Crippen LogP contribution in [0.3, 0.4) is 0 Å². The average molecular weight is 418 g/mol. The second kappa shape index (κ2) is 9.08. The smallest absolute Gasteiger partial charge is 0.254 e. The van der Waals surface area contributed by atoms with Crippen molar-refractivity contribution in [1.29, 1.82) is 0 Å². The van der Waals surface area contributed by atoms with Gasteiger partial charge in [-0.15, -0.1) is 0 Å². The van der Waals surface area contributed by atoms with E-state index in [0.717, 1.165) is 10.8 Å². The topological polar surface area (TPSA) is 67.9 Å². The van der Waals surface area contributed by atoms with Gasteiger partial charge in [0, 0.05) is 48.5 Å². The summed E-state index contributed by atoms with van der Waals surface area (Å²) in [7, 11) is 3.14. The van der Waals surface area contributed by atoms with Crippen molar-refractivity contribution in [3.05, 3.63) is 66.2 Å². The van der Waals surface area contributed by atoms with Crippen LogP contribution in [0.25, 0.3) is 10.8 Å². The number of amides is 2. The van der Waals surface area contributed by atoms with E-state index in [9.17, 15) is 9.59 Å². The number of carbonyl (C=O) groups is 2. The molecule has 3 aromatic rings. The van der Waals surface area contributed by atoms with Crippen molar-refractivity contribution < 1.29 is 19.1 Å². The van der Waals surface area contributed by atoms with Gasteiger partial charge in [-0.1, -0.05) is 36.4 Å². The molecule has 1 aliphatic rings. The highest BCUT2D eigenvalue weighted by molar-refractivity contribution is 6.07. The van der Waals surface area contributed by atoms with Gasteiger partial charge in [0.1, 0.15) is 11.5 Å². The summed E-state index contributed by atoms with van der Waals surface area (Å²) in [4.78, 5) is 27.8. The fourth-order valence-corrected chi connectivity index (χ4v) is 4.05. The van der Waals surface area contributed by atoms with Crippen molar-refractivity contribution in [1.82, 2.24) is 4.90 Å². The first kappa shape index (κ1) is 20.7. The van der Waals surface area contributed by atoms with Gasteiger partial charge in [0.25, 0.3) is 5.91 Å². The fraction of sp³-hybridized carbons (Fsp3) is 0.280. The zero-order valence-corrected chi connectivity index (χ0v) is 17.8. The lowest BCUT2D eigenvalue weighted by atomic mass is 9.94. The number of piperidine rings is 1. The molecule has 0 atom stereocenters. The van der Waals surface area contributed by atoms with Crippen LogP contribution in [0.2, 0.25) is 0 Å². The van der Waals surface area contributed by atoms with Crippen LogP contribution in [-0.4, -0.2) is 44.0 Å². The van der Waals surface area contributed by atoms with E-state index < -0.39 is 0 Å². The van der Waals surface area contributed by atoms with Crippen molar-refractivity contribution >= 4 is 28.3 Å². The third-order valence-electron chi connectivity index (χ3n) is 5.79. The van der Waals surface area contributed by atoms with E-state index in [0.29, 0.717) is 48.7 Å². The minimum Gasteiger partial charge on any atom is -0.497 e. The third-order valence-corrected chi connectivity index (χ3v) is 5.79. The number of ether oxygens (including phenoxy) is 2. The number of hydrogen-bond acceptors (Lipinski definition) is 4. The molecule has 0 saturated carbocycles. The van der Waals surface area contributed by atoms with E-state index >= 15 is 0 Å². The zero-order chi connectivity index (χ0) is 21.8. The predicted octanol–water partition coefficient (Wildman–Crippen LogP) is 4.35. The van der Waals surface area contributed by atoms with Crippen LogP contribution in [0.5, 0.6) is 11.5 Å². The summed E-state index contributed by atoms with van der Waals surface area (Å²) >= 11 is 0. The van der Waals surface area contributed by atoms with Gasteiger partial charge in [0.2, 0.25) is 5.91 Å². The molecule has 160 valence electrons. The maximum atomic E-state index is 13.1. The predicted molar refractivity (Wildman–Crippen MR) is 121 cm³/mol. The summed E-state index contributed by atoms with van der Waals surface area (Å²) in [6.07, 6.45) is 1.26. The van der Waals surface area contributed by atoms with Gasteiger partial charge in [-0.3, -0.25) is 9.59 Å². The van der Waals surface area contributed by atoms with E-state index in [-0.39, 0.29) is 17.7 Å². The first-order chi connectivity index (χ1) is 15.1. The Hall–Kier alpha value is -3.54. The summed E-state index contributed by atoms with van der Waals surface area (Å²) in [6, 6.07) is 19.0. The van der Waals surface area contributed by atoms with Crippen molar-refractivity contribution in [3.8, 4) is 11.5 Å². The number of carbonyl (C=O) groups excluding carboxylic acids is 2. The molecule has 0 unspecified atom stereocenters. The van der Waals surface area contributed by atoms with Gasteiger partial charge in [-0.05, 0) is 29.7 Å². The number of rotatable bonds is 5. The summed E-state index contributed by atoms with van der Waals surface area (Å²) in [5.41, 5.74) is 1.35. The molecule has 0 spiro atoms. The first-order valence-corrected chi connectivity index (χ1v) is 10.4. The van der Waals surface area contributed by atoms with Crippen LogP contribution in [0.4, 0.5) is 5.69 Å². The van der Waals surface area contributed by atoms with E-state index in [1.165, 1.54) is 0 Å². The first-order valence-electron chi connectivity index (χ1n) is 10.4. The number of fused-ring (bicyclic) bond motifs is 1. The lowest BCUT2D eigenvalue weighted by molar-refractivity contribution is -0.121. The Bertz CT molecular complexity index is 1080. The Kier molecular flexibility index (Phi) is 6.07. The van der Waals surface area contributed by atoms with Gasteiger partial charge >= 0.3 is 0 Å². The molecule has 3 aromatic carbocycles. The van der Waals surface area contributed by atoms with Crippen molar-refractivity contribution in [2.24, 2.45) is 5.92 Å². The Balaban J connectivity index is 1.40. The number of nitrogens with one attached hydrogen (secondary N) is 1. The molecule has 1 heterocycles. The summed E-state index contributed by atoms with van der Waals surface area (Å²) in [5, 5.41) is 4.97. The molecule has 2 amide bonds. The Morgan fingerprint density at radius 1 is 0.903 bits per heavy atom. The van der Waals surface area contributed by atoms with Gasteiger partial charge < -0.3 is 19.7 Å². The summed E-state index contributed by atoms with van der Waals surface area (Å²) < 4.78 is 10.5. The standard InChI is InChI=1S/C25H26N2O4/c1-30-20-14-19(15-21(16-20)31-2)26-24(28)18-10-12-27(13-11-18)25(29)23-9-5-7-17-6-3-4-8-22(17)23/h3-9,14-16,18H,10-13H2,1-2H3,(H,26,28). The second-order valence-corrected chi connectivity index (χ2v) is 7.68. The SMILES string of the molecule is COc1cc(NC(=O)C2CCN(C(=O)c3cccc4ccccc34)CC2)cc(OC)c1. The Labute approximate surface area is 181 Å². The molecule has 1 fully saturated rings. The molecule has 1 aliphatic heterocycles. The summed E-state index contributed by atoms with van der Waals surface area (Å²) in [6.45, 7) is 1.11. The highest BCUT2D eigenvalue weighted by Crippen LogP contribution is 2.28. The highest BCUT2D eigenvalue weighted by Gasteiger charge is 2.28. The van der Waals surface area contributed by atoms with Gasteiger partial charge in [0.05, 0.1) is 14.2 Å². The largest absolute Gasteiger partial charge is 0.497 e. The number of nitrogens with zero attached hydrogens (tertiary/aromatic N) is 1. The van der Waals surface area contributed by atoms with E-state index in [2.05, 4.69) is 5.32 Å². The van der Waals surface area contributed by atoms with Crippen molar-refractivity contribution in [2.45, 2.75) is 12.8 Å². The minimum absolute atomic E-state index is 0.0215. The normalized spacial score (nSPS) is 14.3. The molecule has 0 aromatic heterocycles. The van der Waals surface area contributed by atoms with Crippen LogP contribution >= 0.6 is 0 Å².